The van der Waals surface area contributed by atoms with Crippen molar-refractivity contribution in [3.05, 3.63) is 11.7 Å². The van der Waals surface area contributed by atoms with Crippen LogP contribution in [0.15, 0.2) is 4.52 Å². The summed E-state index contributed by atoms with van der Waals surface area (Å²) in [5.74, 6) is 1.18. The number of carbonyl (C=O) groups is 1. The van der Waals surface area contributed by atoms with Gasteiger partial charge >= 0.3 is 0 Å². The highest BCUT2D eigenvalue weighted by Gasteiger charge is 2.33. The summed E-state index contributed by atoms with van der Waals surface area (Å²) in [5.41, 5.74) is -0.793. The first-order valence-electron chi connectivity index (χ1n) is 8.40. The maximum Gasteiger partial charge on any atom is 0.226 e. The molecule has 1 aliphatic rings. The minimum absolute atomic E-state index is 0.0657. The van der Waals surface area contributed by atoms with E-state index in [9.17, 15) is 10.1 Å². The Labute approximate surface area is 137 Å². The largest absolute Gasteiger partial charge is 0.339 e. The van der Waals surface area contributed by atoms with Gasteiger partial charge in [0.25, 0.3) is 0 Å². The molecule has 0 spiro atoms. The molecule has 0 atom stereocenters. The maximum atomic E-state index is 12.1. The van der Waals surface area contributed by atoms with Crippen LogP contribution in [0.1, 0.15) is 77.4 Å². The van der Waals surface area contributed by atoms with Crippen LogP contribution in [-0.4, -0.2) is 21.6 Å². The second-order valence-electron chi connectivity index (χ2n) is 7.42. The Kier molecular flexibility index (Phi) is 5.40. The van der Waals surface area contributed by atoms with E-state index in [2.05, 4.69) is 21.5 Å². The molecule has 1 aliphatic carbocycles. The van der Waals surface area contributed by atoms with Crippen LogP contribution in [0, 0.1) is 11.3 Å². The average Bonchev–Trinajstić information content (AvgIpc) is 2.97. The first-order valence-corrected chi connectivity index (χ1v) is 8.40. The Hall–Kier alpha value is -1.90. The lowest BCUT2D eigenvalue weighted by molar-refractivity contribution is -0.122. The summed E-state index contributed by atoms with van der Waals surface area (Å²) in [7, 11) is 0. The number of aromatic nitrogens is 2. The van der Waals surface area contributed by atoms with Crippen molar-refractivity contribution >= 4 is 5.91 Å². The van der Waals surface area contributed by atoms with Gasteiger partial charge < -0.3 is 9.84 Å². The van der Waals surface area contributed by atoms with Gasteiger partial charge in [-0.2, -0.15) is 10.2 Å². The van der Waals surface area contributed by atoms with Crippen LogP contribution in [-0.2, 0) is 16.6 Å². The zero-order chi connectivity index (χ0) is 16.9. The van der Waals surface area contributed by atoms with Gasteiger partial charge in [-0.05, 0) is 19.3 Å². The molecule has 0 bridgehead atoms. The van der Waals surface area contributed by atoms with E-state index in [0.29, 0.717) is 31.0 Å². The summed E-state index contributed by atoms with van der Waals surface area (Å²) in [5, 5.41) is 16.3. The van der Waals surface area contributed by atoms with Gasteiger partial charge in [-0.3, -0.25) is 4.79 Å². The molecule has 0 aliphatic heterocycles. The Balaban J connectivity index is 1.78. The lowest BCUT2D eigenvalue weighted by Gasteiger charge is -2.31. The minimum Gasteiger partial charge on any atom is -0.339 e. The summed E-state index contributed by atoms with van der Waals surface area (Å²) in [6.07, 6.45) is 6.26. The molecule has 1 N–H and O–H groups in total. The van der Waals surface area contributed by atoms with Gasteiger partial charge in [0, 0.05) is 18.3 Å². The maximum absolute atomic E-state index is 12.1. The molecule has 1 aromatic rings. The van der Waals surface area contributed by atoms with Crippen LogP contribution >= 0.6 is 0 Å². The lowest BCUT2D eigenvalue weighted by atomic mass is 9.83. The molecule has 1 aromatic heterocycles. The van der Waals surface area contributed by atoms with Gasteiger partial charge in [0.1, 0.15) is 5.54 Å². The van der Waals surface area contributed by atoms with Gasteiger partial charge in [-0.1, -0.05) is 45.2 Å². The molecular weight excluding hydrogens is 292 g/mol. The molecule has 0 saturated heterocycles. The van der Waals surface area contributed by atoms with Gasteiger partial charge in [0.05, 0.1) is 6.07 Å². The molecule has 1 fully saturated rings. The quantitative estimate of drug-likeness (QED) is 0.901. The van der Waals surface area contributed by atoms with Crippen LogP contribution in [0.2, 0.25) is 0 Å². The highest BCUT2D eigenvalue weighted by molar-refractivity contribution is 5.77. The van der Waals surface area contributed by atoms with Crippen molar-refractivity contribution in [3.8, 4) is 6.07 Å². The van der Waals surface area contributed by atoms with E-state index in [1.54, 1.807) is 0 Å². The summed E-state index contributed by atoms with van der Waals surface area (Å²) in [6, 6.07) is 2.30. The normalized spacial score (nSPS) is 17.5. The third-order valence-electron chi connectivity index (χ3n) is 4.23. The fourth-order valence-corrected chi connectivity index (χ4v) is 2.81. The summed E-state index contributed by atoms with van der Waals surface area (Å²) < 4.78 is 5.22. The molecule has 2 rings (SSSR count). The van der Waals surface area contributed by atoms with Crippen LogP contribution < -0.4 is 5.32 Å². The summed E-state index contributed by atoms with van der Waals surface area (Å²) in [6.45, 7) is 6.09. The van der Waals surface area contributed by atoms with Crippen LogP contribution in [0.3, 0.4) is 0 Å². The van der Waals surface area contributed by atoms with Crippen LogP contribution in [0.25, 0.3) is 0 Å². The van der Waals surface area contributed by atoms with E-state index >= 15 is 0 Å². The highest BCUT2D eigenvalue weighted by Crippen LogP contribution is 2.27. The number of amides is 1. The van der Waals surface area contributed by atoms with Crippen molar-refractivity contribution in [1.82, 2.24) is 15.5 Å². The van der Waals surface area contributed by atoms with Crippen molar-refractivity contribution in [2.45, 2.75) is 83.1 Å². The molecular formula is C17H26N4O2. The van der Waals surface area contributed by atoms with Gasteiger partial charge in [0.2, 0.25) is 11.8 Å². The number of rotatable bonds is 5. The van der Waals surface area contributed by atoms with Gasteiger partial charge in [-0.25, -0.2) is 0 Å². The molecule has 6 nitrogen and oxygen atoms in total. The first-order chi connectivity index (χ1) is 10.8. The average molecular weight is 318 g/mol. The first kappa shape index (κ1) is 17.5. The highest BCUT2D eigenvalue weighted by atomic mass is 16.5. The van der Waals surface area contributed by atoms with E-state index in [1.165, 1.54) is 0 Å². The van der Waals surface area contributed by atoms with Crippen molar-refractivity contribution in [3.63, 3.8) is 0 Å². The van der Waals surface area contributed by atoms with E-state index < -0.39 is 5.54 Å². The molecule has 1 saturated carbocycles. The van der Waals surface area contributed by atoms with E-state index in [4.69, 9.17) is 4.52 Å². The monoisotopic (exact) mass is 318 g/mol. The van der Waals surface area contributed by atoms with Crippen LogP contribution in [0.5, 0.6) is 0 Å². The zero-order valence-electron chi connectivity index (χ0n) is 14.3. The summed E-state index contributed by atoms with van der Waals surface area (Å²) >= 11 is 0. The molecule has 1 amide bonds. The molecule has 0 aromatic carbocycles. The third kappa shape index (κ3) is 4.78. The number of nitrogens with zero attached hydrogens (tertiary/aromatic N) is 3. The summed E-state index contributed by atoms with van der Waals surface area (Å²) in [4.78, 5) is 16.5. The fraction of sp³-hybridized carbons (Fsp3) is 0.765. The zero-order valence-corrected chi connectivity index (χ0v) is 14.3. The molecule has 126 valence electrons. The second kappa shape index (κ2) is 7.12. The standard InChI is InChI=1S/C17H26N4O2/c1-16(2,3)15-19-14(23-21-15)9-7-8-13(22)20-17(12-18)10-5-4-6-11-17/h4-11H2,1-3H3,(H,20,22). The number of carbonyl (C=O) groups excluding carboxylic acids is 1. The predicted octanol–water partition coefficient (Wildman–Crippen LogP) is 3.03. The van der Waals surface area contributed by atoms with E-state index in [1.807, 2.05) is 20.8 Å². The minimum atomic E-state index is -0.654. The molecule has 6 heteroatoms. The lowest BCUT2D eigenvalue weighted by Crippen LogP contribution is -2.48. The molecule has 0 unspecified atom stereocenters. The Morgan fingerprint density at radius 1 is 1.35 bits per heavy atom. The van der Waals surface area contributed by atoms with Gasteiger partial charge in [-0.15, -0.1) is 0 Å². The number of hydrogen-bond donors (Lipinski definition) is 1. The molecule has 23 heavy (non-hydrogen) atoms. The number of hydrogen-bond acceptors (Lipinski definition) is 5. The smallest absolute Gasteiger partial charge is 0.226 e. The van der Waals surface area contributed by atoms with Crippen molar-refractivity contribution in [2.24, 2.45) is 0 Å². The van der Waals surface area contributed by atoms with Crippen LogP contribution in [0.4, 0.5) is 0 Å². The van der Waals surface area contributed by atoms with E-state index in [0.717, 1.165) is 32.1 Å². The van der Waals surface area contributed by atoms with E-state index in [-0.39, 0.29) is 11.3 Å². The Morgan fingerprint density at radius 3 is 2.61 bits per heavy atom. The fourth-order valence-electron chi connectivity index (χ4n) is 2.81. The number of nitriles is 1. The Bertz CT molecular complexity index is 574. The SMILES string of the molecule is CC(C)(C)c1noc(CCCC(=O)NC2(C#N)CCCCC2)n1. The van der Waals surface area contributed by atoms with Crippen molar-refractivity contribution < 1.29 is 9.32 Å². The Morgan fingerprint density at radius 2 is 2.04 bits per heavy atom. The topological polar surface area (TPSA) is 91.8 Å². The number of aryl methyl sites for hydroxylation is 1. The van der Waals surface area contributed by atoms with Crippen molar-refractivity contribution in [2.75, 3.05) is 0 Å². The molecule has 0 radical (unpaired) electrons. The molecule has 1 heterocycles. The number of nitrogens with one attached hydrogen (secondary N) is 1. The third-order valence-corrected chi connectivity index (χ3v) is 4.23. The predicted molar refractivity (Wildman–Crippen MR) is 85.5 cm³/mol. The van der Waals surface area contributed by atoms with Crippen molar-refractivity contribution in [1.29, 1.82) is 5.26 Å². The van der Waals surface area contributed by atoms with Gasteiger partial charge in [0.15, 0.2) is 5.82 Å². The second-order valence-corrected chi connectivity index (χ2v) is 7.42.